The van der Waals surface area contributed by atoms with Crippen LogP contribution < -0.4 is 0 Å². The van der Waals surface area contributed by atoms with Crippen LogP contribution in [-0.4, -0.2) is 36.1 Å². The molecule has 3 heterocycles. The predicted octanol–water partition coefficient (Wildman–Crippen LogP) is 1.50. The highest BCUT2D eigenvalue weighted by Crippen LogP contribution is 2.20. The summed E-state index contributed by atoms with van der Waals surface area (Å²) in [7, 11) is -3.34. The molecule has 0 aromatic carbocycles. The molecular weight excluding hydrogens is 294 g/mol. The lowest BCUT2D eigenvalue weighted by Gasteiger charge is -2.27. The van der Waals surface area contributed by atoms with E-state index in [1.807, 2.05) is 6.07 Å². The summed E-state index contributed by atoms with van der Waals surface area (Å²) in [5.74, 6) is 0. The van der Waals surface area contributed by atoms with Crippen molar-refractivity contribution in [3.63, 3.8) is 0 Å². The highest BCUT2D eigenvalue weighted by Gasteiger charge is 2.21. The highest BCUT2D eigenvalue weighted by molar-refractivity contribution is 7.90. The number of sulfone groups is 1. The zero-order valence-electron chi connectivity index (χ0n) is 11.1. The van der Waals surface area contributed by atoms with Gasteiger partial charge >= 0.3 is 0 Å². The van der Waals surface area contributed by atoms with Gasteiger partial charge in [-0.2, -0.15) is 0 Å². The van der Waals surface area contributed by atoms with E-state index >= 15 is 0 Å². The van der Waals surface area contributed by atoms with Crippen LogP contribution in [0, 0.1) is 0 Å². The van der Waals surface area contributed by atoms with E-state index in [-0.39, 0.29) is 5.16 Å². The first-order valence-electron chi connectivity index (χ1n) is 6.32. The van der Waals surface area contributed by atoms with Crippen LogP contribution in [-0.2, 0) is 29.3 Å². The first-order chi connectivity index (χ1) is 9.52. The third-order valence-corrected chi connectivity index (χ3v) is 5.02. The maximum atomic E-state index is 11.5. The number of nitrogens with zero attached hydrogens (tertiary/aromatic N) is 3. The second-order valence-corrected chi connectivity index (χ2v) is 7.88. The number of rotatable bonds is 3. The summed E-state index contributed by atoms with van der Waals surface area (Å²) in [6.07, 6.45) is 3.66. The Morgan fingerprint density at radius 1 is 1.45 bits per heavy atom. The molecule has 0 aliphatic carbocycles. The summed E-state index contributed by atoms with van der Waals surface area (Å²) in [6, 6.07) is 4.16. The van der Waals surface area contributed by atoms with Crippen LogP contribution in [0.1, 0.15) is 16.1 Å². The maximum Gasteiger partial charge on any atom is 0.247 e. The average Bonchev–Trinajstić information content (AvgIpc) is 2.90. The highest BCUT2D eigenvalue weighted by atomic mass is 32.2. The van der Waals surface area contributed by atoms with Crippen molar-refractivity contribution in [3.8, 4) is 0 Å². The summed E-state index contributed by atoms with van der Waals surface area (Å²) in [5.41, 5.74) is 1.89. The summed E-state index contributed by atoms with van der Waals surface area (Å²) in [5, 5.41) is 1.99. The van der Waals surface area contributed by atoms with Gasteiger partial charge in [0.25, 0.3) is 0 Å². The van der Waals surface area contributed by atoms with Crippen LogP contribution in [0.2, 0.25) is 0 Å². The molecule has 0 spiro atoms. The number of fused-ring (bicyclic) bond motifs is 1. The van der Waals surface area contributed by atoms with Crippen molar-refractivity contribution in [2.24, 2.45) is 0 Å². The third kappa shape index (κ3) is 2.89. The van der Waals surface area contributed by atoms with Crippen molar-refractivity contribution in [1.82, 2.24) is 14.9 Å². The quantitative estimate of drug-likeness (QED) is 0.804. The minimum Gasteiger partial charge on any atom is -0.292 e. The molecule has 0 atom stereocenters. The Labute approximate surface area is 122 Å². The maximum absolute atomic E-state index is 11.5. The van der Waals surface area contributed by atoms with Gasteiger partial charge < -0.3 is 0 Å². The van der Waals surface area contributed by atoms with Crippen molar-refractivity contribution in [2.45, 2.75) is 24.7 Å². The Bertz CT molecular complexity index is 711. The van der Waals surface area contributed by atoms with Crippen LogP contribution in [0.5, 0.6) is 0 Å². The van der Waals surface area contributed by atoms with Crippen molar-refractivity contribution in [3.05, 3.63) is 39.8 Å². The van der Waals surface area contributed by atoms with Crippen molar-refractivity contribution < 1.29 is 8.42 Å². The van der Waals surface area contributed by atoms with Crippen LogP contribution in [0.4, 0.5) is 0 Å². The number of hydrogen-bond donors (Lipinski definition) is 0. The molecule has 0 unspecified atom stereocenters. The molecule has 0 radical (unpaired) electrons. The lowest BCUT2D eigenvalue weighted by Crippen LogP contribution is -2.31. The van der Waals surface area contributed by atoms with E-state index < -0.39 is 9.84 Å². The lowest BCUT2D eigenvalue weighted by molar-refractivity contribution is 0.242. The largest absolute Gasteiger partial charge is 0.292 e. The second kappa shape index (κ2) is 5.23. The van der Waals surface area contributed by atoms with Crippen LogP contribution in [0.3, 0.4) is 0 Å². The summed E-state index contributed by atoms with van der Waals surface area (Å²) >= 11 is 1.73. The van der Waals surface area contributed by atoms with Gasteiger partial charge in [0.15, 0.2) is 0 Å². The van der Waals surface area contributed by atoms with Gasteiger partial charge in [-0.25, -0.2) is 18.4 Å². The van der Waals surface area contributed by atoms with E-state index in [1.54, 1.807) is 17.5 Å². The molecule has 2 aromatic rings. The minimum absolute atomic E-state index is 0.0748. The molecule has 1 aliphatic heterocycles. The van der Waals surface area contributed by atoms with Gasteiger partial charge in [0, 0.05) is 37.0 Å². The Hall–Kier alpha value is -1.31. The number of aromatic nitrogens is 2. The molecular formula is C13H15N3O2S2. The van der Waals surface area contributed by atoms with Gasteiger partial charge in [0.1, 0.15) is 0 Å². The minimum atomic E-state index is -3.34. The predicted molar refractivity (Wildman–Crippen MR) is 77.3 cm³/mol. The molecule has 1 aliphatic rings. The zero-order valence-corrected chi connectivity index (χ0v) is 12.7. The van der Waals surface area contributed by atoms with Crippen LogP contribution in [0.25, 0.3) is 0 Å². The van der Waals surface area contributed by atoms with E-state index in [1.165, 1.54) is 4.88 Å². The van der Waals surface area contributed by atoms with E-state index in [4.69, 9.17) is 0 Å². The Morgan fingerprint density at radius 3 is 3.00 bits per heavy atom. The van der Waals surface area contributed by atoms with Crippen molar-refractivity contribution in [2.75, 3.05) is 12.8 Å². The second-order valence-electron chi connectivity index (χ2n) is 4.94. The van der Waals surface area contributed by atoms with Gasteiger partial charge in [-0.1, -0.05) is 6.07 Å². The topological polar surface area (TPSA) is 63.2 Å². The monoisotopic (exact) mass is 309 g/mol. The van der Waals surface area contributed by atoms with E-state index in [0.29, 0.717) is 6.54 Å². The van der Waals surface area contributed by atoms with E-state index in [0.717, 1.165) is 37.0 Å². The molecule has 106 valence electrons. The number of hydrogen-bond acceptors (Lipinski definition) is 6. The molecule has 0 amide bonds. The molecule has 0 bridgehead atoms. The Kier molecular flexibility index (Phi) is 3.57. The Morgan fingerprint density at radius 2 is 2.30 bits per heavy atom. The van der Waals surface area contributed by atoms with Crippen LogP contribution >= 0.6 is 11.3 Å². The fourth-order valence-corrected chi connectivity index (χ4v) is 3.54. The molecule has 0 saturated carbocycles. The standard InChI is InChI=1S/C13H15N3O2S2/c1-20(17,18)13-14-7-10-4-5-16(9-12(10)15-13)8-11-3-2-6-19-11/h2-3,6-7H,4-5,8-9H2,1H3. The summed E-state index contributed by atoms with van der Waals surface area (Å²) < 4.78 is 23.0. The first-order valence-corrected chi connectivity index (χ1v) is 9.09. The van der Waals surface area contributed by atoms with E-state index in [9.17, 15) is 8.42 Å². The average molecular weight is 309 g/mol. The van der Waals surface area contributed by atoms with Gasteiger partial charge in [-0.05, 0) is 23.4 Å². The normalized spacial score (nSPS) is 16.1. The van der Waals surface area contributed by atoms with Crippen molar-refractivity contribution in [1.29, 1.82) is 0 Å². The van der Waals surface area contributed by atoms with Gasteiger partial charge in [-0.15, -0.1) is 11.3 Å². The third-order valence-electron chi connectivity index (χ3n) is 3.29. The van der Waals surface area contributed by atoms with Gasteiger partial charge in [0.05, 0.1) is 5.69 Å². The molecule has 0 N–H and O–H groups in total. The molecule has 0 saturated heterocycles. The molecule has 7 heteroatoms. The van der Waals surface area contributed by atoms with E-state index in [2.05, 4.69) is 26.3 Å². The molecule has 0 fully saturated rings. The summed E-state index contributed by atoms with van der Waals surface area (Å²) in [4.78, 5) is 11.8. The molecule has 5 nitrogen and oxygen atoms in total. The first kappa shape index (κ1) is 13.7. The van der Waals surface area contributed by atoms with Gasteiger partial charge in [-0.3, -0.25) is 4.90 Å². The zero-order chi connectivity index (χ0) is 14.2. The molecule has 20 heavy (non-hydrogen) atoms. The lowest BCUT2D eigenvalue weighted by atomic mass is 10.1. The molecule has 2 aromatic heterocycles. The summed E-state index contributed by atoms with van der Waals surface area (Å²) in [6.45, 7) is 2.51. The fraction of sp³-hybridized carbons (Fsp3) is 0.385. The molecule has 3 rings (SSSR count). The number of thiophene rings is 1. The van der Waals surface area contributed by atoms with Gasteiger partial charge in [0.2, 0.25) is 15.0 Å². The van der Waals surface area contributed by atoms with Crippen molar-refractivity contribution >= 4 is 21.2 Å². The SMILES string of the molecule is CS(=O)(=O)c1ncc2c(n1)CN(Cc1cccs1)CC2. The smallest absolute Gasteiger partial charge is 0.247 e. The Balaban J connectivity index is 1.82. The van der Waals surface area contributed by atoms with Crippen LogP contribution in [0.15, 0.2) is 28.9 Å². The fourth-order valence-electron chi connectivity index (χ4n) is 2.28.